The predicted molar refractivity (Wildman–Crippen MR) is 107 cm³/mol. The summed E-state index contributed by atoms with van der Waals surface area (Å²) in [6, 6.07) is 8.25. The van der Waals surface area contributed by atoms with Gasteiger partial charge in [0.05, 0.1) is 6.04 Å². The number of aryl methyl sites for hydroxylation is 1. The Labute approximate surface area is 163 Å². The molecule has 0 aliphatic carbocycles. The number of para-hydroxylation sites is 1. The quantitative estimate of drug-likeness (QED) is 0.886. The van der Waals surface area contributed by atoms with Gasteiger partial charge < -0.3 is 15.0 Å². The van der Waals surface area contributed by atoms with Gasteiger partial charge in [-0.2, -0.15) is 0 Å². The molecule has 0 bridgehead atoms. The van der Waals surface area contributed by atoms with Gasteiger partial charge in [0.2, 0.25) is 5.91 Å². The van der Waals surface area contributed by atoms with Crippen molar-refractivity contribution in [2.24, 2.45) is 5.41 Å². The Balaban J connectivity index is 1.31. The first kappa shape index (κ1) is 18.8. The summed E-state index contributed by atoms with van der Waals surface area (Å²) in [5.41, 5.74) is 1.53. The number of ether oxygens (including phenoxy) is 1. The molecule has 1 amide bonds. The standard InChI is InChI=1S/C22H33N3O2/c1-17-5-3-4-6-20(17)27-18-7-13-25(14-8-18)21(26)19-15-22(16-24(19)2)9-11-23-12-10-22/h3-6,18-19,23H,7-16H2,1-2H3/t19-/m0/s1. The number of amides is 1. The summed E-state index contributed by atoms with van der Waals surface area (Å²) < 4.78 is 6.20. The van der Waals surface area contributed by atoms with E-state index in [0.717, 1.165) is 57.7 Å². The number of piperidine rings is 2. The van der Waals surface area contributed by atoms with Crippen LogP contribution < -0.4 is 10.1 Å². The number of rotatable bonds is 3. The van der Waals surface area contributed by atoms with Crippen molar-refractivity contribution in [3.8, 4) is 5.75 Å². The molecule has 5 nitrogen and oxygen atoms in total. The molecule has 0 radical (unpaired) electrons. The lowest BCUT2D eigenvalue weighted by atomic mass is 9.77. The molecule has 27 heavy (non-hydrogen) atoms. The van der Waals surface area contributed by atoms with E-state index in [1.165, 1.54) is 18.4 Å². The van der Waals surface area contributed by atoms with E-state index >= 15 is 0 Å². The summed E-state index contributed by atoms with van der Waals surface area (Å²) >= 11 is 0. The normalized spacial score (nSPS) is 26.4. The highest BCUT2D eigenvalue weighted by Crippen LogP contribution is 2.41. The lowest BCUT2D eigenvalue weighted by Crippen LogP contribution is -2.48. The van der Waals surface area contributed by atoms with E-state index in [0.29, 0.717) is 11.3 Å². The fraction of sp³-hybridized carbons (Fsp3) is 0.682. The highest BCUT2D eigenvalue weighted by molar-refractivity contribution is 5.82. The number of nitrogens with zero attached hydrogens (tertiary/aromatic N) is 2. The molecule has 1 spiro atoms. The molecule has 148 valence electrons. The van der Waals surface area contributed by atoms with Gasteiger partial charge >= 0.3 is 0 Å². The fourth-order valence-electron chi connectivity index (χ4n) is 5.14. The molecule has 3 aliphatic heterocycles. The van der Waals surface area contributed by atoms with E-state index in [2.05, 4.69) is 35.2 Å². The zero-order valence-electron chi connectivity index (χ0n) is 16.7. The summed E-state index contributed by atoms with van der Waals surface area (Å²) in [6.45, 7) is 6.97. The maximum atomic E-state index is 13.2. The monoisotopic (exact) mass is 371 g/mol. The number of carbonyl (C=O) groups is 1. The lowest BCUT2D eigenvalue weighted by molar-refractivity contribution is -0.137. The Morgan fingerprint density at radius 2 is 1.89 bits per heavy atom. The van der Waals surface area contributed by atoms with Crippen LogP contribution in [-0.4, -0.2) is 67.6 Å². The minimum absolute atomic E-state index is 0.0666. The van der Waals surface area contributed by atoms with Crippen LogP contribution in [0, 0.1) is 12.3 Å². The van der Waals surface area contributed by atoms with Gasteiger partial charge in [0.1, 0.15) is 11.9 Å². The molecule has 1 N–H and O–H groups in total. The van der Waals surface area contributed by atoms with E-state index in [1.54, 1.807) is 0 Å². The highest BCUT2D eigenvalue weighted by Gasteiger charge is 2.46. The zero-order valence-corrected chi connectivity index (χ0v) is 16.7. The third kappa shape index (κ3) is 3.99. The Hall–Kier alpha value is -1.59. The van der Waals surface area contributed by atoms with Crippen LogP contribution in [0.15, 0.2) is 24.3 Å². The molecular weight excluding hydrogens is 338 g/mol. The topological polar surface area (TPSA) is 44.8 Å². The van der Waals surface area contributed by atoms with Crippen LogP contribution in [0.2, 0.25) is 0 Å². The Morgan fingerprint density at radius 1 is 1.19 bits per heavy atom. The molecule has 1 aromatic rings. The molecular formula is C22H33N3O2. The number of benzene rings is 1. The molecule has 4 rings (SSSR count). The third-order valence-corrected chi connectivity index (χ3v) is 6.83. The summed E-state index contributed by atoms with van der Waals surface area (Å²) in [4.78, 5) is 17.6. The molecule has 5 heteroatoms. The summed E-state index contributed by atoms with van der Waals surface area (Å²) in [5.74, 6) is 1.31. The van der Waals surface area contributed by atoms with Gasteiger partial charge in [0.25, 0.3) is 0 Å². The summed E-state index contributed by atoms with van der Waals surface area (Å²) in [7, 11) is 2.13. The lowest BCUT2D eigenvalue weighted by Gasteiger charge is -2.35. The van der Waals surface area contributed by atoms with Crippen molar-refractivity contribution in [3.63, 3.8) is 0 Å². The van der Waals surface area contributed by atoms with Gasteiger partial charge in [0, 0.05) is 32.5 Å². The minimum atomic E-state index is 0.0666. The van der Waals surface area contributed by atoms with Gasteiger partial charge in [-0.3, -0.25) is 9.69 Å². The van der Waals surface area contributed by atoms with Crippen LogP contribution in [0.1, 0.15) is 37.7 Å². The van der Waals surface area contributed by atoms with E-state index < -0.39 is 0 Å². The molecule has 0 saturated carbocycles. The maximum Gasteiger partial charge on any atom is 0.239 e. The number of hydrogen-bond donors (Lipinski definition) is 1. The largest absolute Gasteiger partial charge is 0.490 e. The zero-order chi connectivity index (χ0) is 18.9. The Morgan fingerprint density at radius 3 is 2.59 bits per heavy atom. The molecule has 1 atom stereocenters. The van der Waals surface area contributed by atoms with Gasteiger partial charge in [-0.1, -0.05) is 18.2 Å². The van der Waals surface area contributed by atoms with Gasteiger partial charge in [-0.15, -0.1) is 0 Å². The smallest absolute Gasteiger partial charge is 0.239 e. The fourth-order valence-corrected chi connectivity index (χ4v) is 5.14. The first-order chi connectivity index (χ1) is 13.1. The van der Waals surface area contributed by atoms with Crippen molar-refractivity contribution in [2.75, 3.05) is 39.8 Å². The molecule has 3 fully saturated rings. The molecule has 0 aromatic heterocycles. The first-order valence-corrected chi connectivity index (χ1v) is 10.5. The van der Waals surface area contributed by atoms with Crippen molar-refractivity contribution in [2.45, 2.75) is 51.2 Å². The number of carbonyl (C=O) groups excluding carboxylic acids is 1. The van der Waals surface area contributed by atoms with E-state index in [1.807, 2.05) is 18.2 Å². The third-order valence-electron chi connectivity index (χ3n) is 6.83. The van der Waals surface area contributed by atoms with Gasteiger partial charge in [-0.25, -0.2) is 0 Å². The average molecular weight is 372 g/mol. The van der Waals surface area contributed by atoms with Crippen LogP contribution in [0.5, 0.6) is 5.75 Å². The van der Waals surface area contributed by atoms with Crippen molar-refractivity contribution in [1.29, 1.82) is 0 Å². The Kier molecular flexibility index (Phi) is 5.42. The van der Waals surface area contributed by atoms with Crippen molar-refractivity contribution in [1.82, 2.24) is 15.1 Å². The van der Waals surface area contributed by atoms with E-state index in [-0.39, 0.29) is 12.1 Å². The SMILES string of the molecule is Cc1ccccc1OC1CCN(C(=O)[C@@H]2CC3(CCNCC3)CN2C)CC1. The molecule has 0 unspecified atom stereocenters. The number of likely N-dealkylation sites (N-methyl/N-ethyl adjacent to an activating group) is 1. The molecule has 3 heterocycles. The number of hydrogen-bond acceptors (Lipinski definition) is 4. The predicted octanol–water partition coefficient (Wildman–Crippen LogP) is 2.44. The number of likely N-dealkylation sites (tertiary alicyclic amines) is 2. The van der Waals surface area contributed by atoms with Gasteiger partial charge in [-0.05, 0) is 63.4 Å². The van der Waals surface area contributed by atoms with E-state index in [4.69, 9.17) is 4.74 Å². The van der Waals surface area contributed by atoms with Crippen molar-refractivity contribution in [3.05, 3.63) is 29.8 Å². The highest BCUT2D eigenvalue weighted by atomic mass is 16.5. The van der Waals surface area contributed by atoms with Crippen LogP contribution >= 0.6 is 0 Å². The molecule has 3 saturated heterocycles. The number of nitrogens with one attached hydrogen (secondary N) is 1. The maximum absolute atomic E-state index is 13.2. The van der Waals surface area contributed by atoms with Crippen molar-refractivity contribution >= 4 is 5.91 Å². The second-order valence-electron chi connectivity index (χ2n) is 8.79. The molecule has 1 aromatic carbocycles. The van der Waals surface area contributed by atoms with Gasteiger partial charge in [0.15, 0.2) is 0 Å². The summed E-state index contributed by atoms with van der Waals surface area (Å²) in [6.07, 6.45) is 5.49. The average Bonchev–Trinajstić information content (AvgIpc) is 3.00. The second kappa shape index (κ2) is 7.80. The second-order valence-corrected chi connectivity index (χ2v) is 8.79. The van der Waals surface area contributed by atoms with Crippen LogP contribution in [0.3, 0.4) is 0 Å². The Bertz CT molecular complexity index is 663. The van der Waals surface area contributed by atoms with Crippen LogP contribution in [-0.2, 0) is 4.79 Å². The first-order valence-electron chi connectivity index (χ1n) is 10.5. The molecule has 3 aliphatic rings. The van der Waals surface area contributed by atoms with Crippen LogP contribution in [0.4, 0.5) is 0 Å². The van der Waals surface area contributed by atoms with Crippen LogP contribution in [0.25, 0.3) is 0 Å². The summed E-state index contributed by atoms with van der Waals surface area (Å²) in [5, 5.41) is 3.46. The van der Waals surface area contributed by atoms with Crippen molar-refractivity contribution < 1.29 is 9.53 Å². The van der Waals surface area contributed by atoms with E-state index in [9.17, 15) is 4.79 Å². The minimum Gasteiger partial charge on any atom is -0.490 e.